The Labute approximate surface area is 185 Å². The van der Waals surface area contributed by atoms with Crippen LogP contribution in [0.1, 0.15) is 32.8 Å². The first-order chi connectivity index (χ1) is 14.7. The van der Waals surface area contributed by atoms with Gasteiger partial charge in [0.25, 0.3) is 0 Å². The van der Waals surface area contributed by atoms with Crippen molar-refractivity contribution < 1.29 is 14.6 Å². The number of nitriles is 1. The Morgan fingerprint density at radius 1 is 1.16 bits per heavy atom. The molecule has 0 saturated carbocycles. The number of nitrogens with zero attached hydrogens (tertiary/aromatic N) is 4. The molecule has 2 atom stereocenters. The van der Waals surface area contributed by atoms with E-state index < -0.39 is 11.6 Å². The predicted octanol–water partition coefficient (Wildman–Crippen LogP) is 1.19. The molecule has 2 fully saturated rings. The van der Waals surface area contributed by atoms with Crippen LogP contribution in [0.25, 0.3) is 0 Å². The zero-order valence-corrected chi connectivity index (χ0v) is 18.8. The maximum Gasteiger partial charge on any atom is 0.137 e. The van der Waals surface area contributed by atoms with E-state index in [2.05, 4.69) is 21.2 Å². The summed E-state index contributed by atoms with van der Waals surface area (Å²) < 4.78 is 6.13. The third kappa shape index (κ3) is 6.82. The van der Waals surface area contributed by atoms with Crippen molar-refractivity contribution in [2.24, 2.45) is 0 Å². The average molecular weight is 429 g/mol. The highest BCUT2D eigenvalue weighted by Gasteiger charge is 2.35. The van der Waals surface area contributed by atoms with Crippen LogP contribution < -0.4 is 10.4 Å². The van der Waals surface area contributed by atoms with E-state index in [9.17, 15) is 9.90 Å². The molecule has 8 nitrogen and oxygen atoms in total. The summed E-state index contributed by atoms with van der Waals surface area (Å²) in [6, 6.07) is 9.66. The molecule has 170 valence electrons. The van der Waals surface area contributed by atoms with Gasteiger partial charge >= 0.3 is 0 Å². The first-order valence-corrected chi connectivity index (χ1v) is 11.1. The summed E-state index contributed by atoms with van der Waals surface area (Å²) in [6.45, 7) is 12.2. The number of fused-ring (bicyclic) bond motifs is 2. The van der Waals surface area contributed by atoms with Crippen LogP contribution in [0.5, 0.6) is 0 Å². The molecule has 0 spiro atoms. The number of hydrogen-bond acceptors (Lipinski definition) is 7. The molecule has 2 saturated heterocycles. The number of nitrogens with one attached hydrogen (secondary N) is 1. The number of morpholine rings is 2. The van der Waals surface area contributed by atoms with E-state index in [0.29, 0.717) is 18.7 Å². The van der Waals surface area contributed by atoms with Gasteiger partial charge in [-0.2, -0.15) is 5.26 Å². The number of ether oxygens (including phenoxy) is 1. The summed E-state index contributed by atoms with van der Waals surface area (Å²) >= 11 is 0. The number of carbonyl (C=O) groups is 1. The molecule has 3 rings (SSSR count). The number of benzene rings is 1. The number of carboxylic acid groups (broad SMARTS) is 1. The Hall–Kier alpha value is -2.34. The van der Waals surface area contributed by atoms with Gasteiger partial charge in [0.2, 0.25) is 0 Å². The Morgan fingerprint density at radius 3 is 2.26 bits per heavy atom. The topological polar surface area (TPSA) is 94.9 Å². The van der Waals surface area contributed by atoms with E-state index in [0.717, 1.165) is 51.4 Å². The van der Waals surface area contributed by atoms with Gasteiger partial charge in [0.05, 0.1) is 23.8 Å². The summed E-state index contributed by atoms with van der Waals surface area (Å²) in [4.78, 5) is 17.7. The van der Waals surface area contributed by atoms with Crippen LogP contribution in [-0.2, 0) is 4.74 Å². The van der Waals surface area contributed by atoms with Crippen molar-refractivity contribution >= 4 is 11.8 Å². The SMILES string of the molecule is CC(C)(C)N(CCN1CC2CN(CCCNc3ccc(C#N)cc3)CC(C1)O2)C(=O)[O-]. The minimum Gasteiger partial charge on any atom is -0.530 e. The summed E-state index contributed by atoms with van der Waals surface area (Å²) in [6.07, 6.45) is 0.270. The van der Waals surface area contributed by atoms with E-state index in [1.165, 1.54) is 4.90 Å². The van der Waals surface area contributed by atoms with Gasteiger partial charge in [-0.3, -0.25) is 9.80 Å². The molecule has 1 N–H and O–H groups in total. The van der Waals surface area contributed by atoms with Crippen LogP contribution >= 0.6 is 0 Å². The fourth-order valence-electron chi connectivity index (χ4n) is 4.37. The largest absolute Gasteiger partial charge is 0.530 e. The Balaban J connectivity index is 1.38. The molecule has 2 aliphatic rings. The van der Waals surface area contributed by atoms with Crippen molar-refractivity contribution in [2.75, 3.05) is 57.7 Å². The van der Waals surface area contributed by atoms with E-state index in [1.807, 2.05) is 45.0 Å². The fourth-order valence-corrected chi connectivity index (χ4v) is 4.37. The molecule has 1 amide bonds. The zero-order chi connectivity index (χ0) is 22.4. The lowest BCUT2D eigenvalue weighted by molar-refractivity contribution is -0.270. The van der Waals surface area contributed by atoms with Crippen molar-refractivity contribution in [1.29, 1.82) is 5.26 Å². The predicted molar refractivity (Wildman–Crippen MR) is 118 cm³/mol. The number of anilines is 1. The highest BCUT2D eigenvalue weighted by Crippen LogP contribution is 2.20. The lowest BCUT2D eigenvalue weighted by Gasteiger charge is -2.47. The zero-order valence-electron chi connectivity index (χ0n) is 18.8. The van der Waals surface area contributed by atoms with E-state index in [1.54, 1.807) is 0 Å². The molecule has 1 aromatic rings. The molecule has 0 radical (unpaired) electrons. The van der Waals surface area contributed by atoms with E-state index in [-0.39, 0.29) is 12.2 Å². The van der Waals surface area contributed by atoms with Crippen LogP contribution in [0.3, 0.4) is 0 Å². The van der Waals surface area contributed by atoms with Crippen molar-refractivity contribution in [1.82, 2.24) is 14.7 Å². The summed E-state index contributed by atoms with van der Waals surface area (Å²) in [5, 5.41) is 23.7. The second-order valence-electron chi connectivity index (χ2n) is 9.46. The Bertz CT molecular complexity index is 757. The highest BCUT2D eigenvalue weighted by atomic mass is 16.5. The third-order valence-corrected chi connectivity index (χ3v) is 5.90. The molecule has 31 heavy (non-hydrogen) atoms. The molecular weight excluding hydrogens is 394 g/mol. The van der Waals surface area contributed by atoms with Gasteiger partial charge in [-0.25, -0.2) is 0 Å². The van der Waals surface area contributed by atoms with Crippen molar-refractivity contribution in [2.45, 2.75) is 44.9 Å². The number of rotatable bonds is 8. The smallest absolute Gasteiger partial charge is 0.137 e. The molecule has 2 bridgehead atoms. The van der Waals surface area contributed by atoms with Gasteiger partial charge in [-0.05, 0) is 51.5 Å². The summed E-state index contributed by atoms with van der Waals surface area (Å²) in [7, 11) is 0. The fraction of sp³-hybridized carbons (Fsp3) is 0.652. The first-order valence-electron chi connectivity index (χ1n) is 11.1. The second kappa shape index (κ2) is 10.3. The molecule has 2 unspecified atom stereocenters. The van der Waals surface area contributed by atoms with Crippen LogP contribution in [-0.4, -0.2) is 90.9 Å². The molecule has 2 aliphatic heterocycles. The molecule has 2 heterocycles. The first kappa shape index (κ1) is 23.3. The van der Waals surface area contributed by atoms with E-state index in [4.69, 9.17) is 10.00 Å². The van der Waals surface area contributed by atoms with Crippen LogP contribution in [0.15, 0.2) is 24.3 Å². The highest BCUT2D eigenvalue weighted by molar-refractivity contribution is 5.63. The molecule has 0 aromatic heterocycles. The van der Waals surface area contributed by atoms with Gasteiger partial charge in [0.1, 0.15) is 6.09 Å². The minimum absolute atomic E-state index is 0.171. The minimum atomic E-state index is -1.11. The Kier molecular flexibility index (Phi) is 7.76. The quantitative estimate of drug-likeness (QED) is 0.622. The monoisotopic (exact) mass is 428 g/mol. The van der Waals surface area contributed by atoms with Crippen LogP contribution in [0.4, 0.5) is 10.5 Å². The van der Waals surface area contributed by atoms with Crippen molar-refractivity contribution in [3.8, 4) is 6.07 Å². The van der Waals surface area contributed by atoms with Crippen molar-refractivity contribution in [3.05, 3.63) is 29.8 Å². The second-order valence-corrected chi connectivity index (χ2v) is 9.46. The Morgan fingerprint density at radius 2 is 1.74 bits per heavy atom. The summed E-state index contributed by atoms with van der Waals surface area (Å²) in [5.41, 5.74) is 1.25. The maximum absolute atomic E-state index is 11.4. The molecule has 8 heteroatoms. The molecule has 1 aromatic carbocycles. The van der Waals surface area contributed by atoms with Gasteiger partial charge < -0.3 is 24.9 Å². The molecule has 0 aliphatic carbocycles. The van der Waals surface area contributed by atoms with Crippen LogP contribution in [0, 0.1) is 11.3 Å². The third-order valence-electron chi connectivity index (χ3n) is 5.90. The normalized spacial score (nSPS) is 22.0. The average Bonchev–Trinajstić information content (AvgIpc) is 2.70. The van der Waals surface area contributed by atoms with Gasteiger partial charge in [-0.15, -0.1) is 0 Å². The number of hydrogen-bond donors (Lipinski definition) is 1. The lowest BCUT2D eigenvalue weighted by atomic mass is 10.1. The maximum atomic E-state index is 11.4. The van der Waals surface area contributed by atoms with Crippen LogP contribution in [0.2, 0.25) is 0 Å². The number of carbonyl (C=O) groups excluding carboxylic acids is 1. The van der Waals surface area contributed by atoms with Gasteiger partial charge in [0, 0.05) is 63.6 Å². The van der Waals surface area contributed by atoms with Crippen molar-refractivity contribution in [3.63, 3.8) is 0 Å². The lowest BCUT2D eigenvalue weighted by Crippen LogP contribution is -2.61. The van der Waals surface area contributed by atoms with Gasteiger partial charge in [-0.1, -0.05) is 0 Å². The van der Waals surface area contributed by atoms with E-state index >= 15 is 0 Å². The standard InChI is InChI=1S/C23H35N5O3/c1-23(2,3)28(22(29)30)12-11-27-16-20-14-26(15-21(17-27)31-20)10-4-9-25-19-7-5-18(13-24)6-8-19/h5-8,20-21,25H,4,9-12,14-17H2,1-3H3,(H,29,30)/p-1. The molecular formula is C23H34N5O3-. The number of amides is 1. The van der Waals surface area contributed by atoms with Gasteiger partial charge in [0.15, 0.2) is 0 Å². The summed E-state index contributed by atoms with van der Waals surface area (Å²) in [5.74, 6) is 0.